The highest BCUT2D eigenvalue weighted by molar-refractivity contribution is 5.77. The van der Waals surface area contributed by atoms with E-state index in [4.69, 9.17) is 35.3 Å². The minimum Gasteiger partial charge on any atom is -0.399 e. The second-order valence-electron chi connectivity index (χ2n) is 5.58. The van der Waals surface area contributed by atoms with Gasteiger partial charge in [-0.25, -0.2) is 5.84 Å². The van der Waals surface area contributed by atoms with Crippen LogP contribution in [-0.4, -0.2) is 83.4 Å². The molecule has 0 aromatic rings. The third-order valence-corrected chi connectivity index (χ3v) is 2.84. The van der Waals surface area contributed by atoms with E-state index >= 15 is 0 Å². The predicted molar refractivity (Wildman–Crippen MR) is 98.2 cm³/mol. The SMILES string of the molecule is CCCOCCOCCOCCOCCOC/C(N)=C/N(N)CC(C)=O. The number of nitrogens with two attached hydrogens (primary N) is 2. The normalized spacial score (nSPS) is 11.7. The number of nitrogens with zero attached hydrogens (tertiary/aromatic N) is 1. The number of Topliss-reactive ketones (excluding diaryl/α,β-unsaturated/α-hetero) is 1. The fraction of sp³-hybridized carbons (Fsp3) is 0.824. The van der Waals surface area contributed by atoms with Crippen LogP contribution in [0.1, 0.15) is 20.3 Å². The molecule has 0 aliphatic carbocycles. The third kappa shape index (κ3) is 19.1. The summed E-state index contributed by atoms with van der Waals surface area (Å²) in [6.07, 6.45) is 2.50. The smallest absolute Gasteiger partial charge is 0.150 e. The zero-order valence-electron chi connectivity index (χ0n) is 16.1. The van der Waals surface area contributed by atoms with Crippen LogP contribution >= 0.6 is 0 Å². The van der Waals surface area contributed by atoms with Crippen LogP contribution in [-0.2, 0) is 28.5 Å². The monoisotopic (exact) mass is 377 g/mol. The van der Waals surface area contributed by atoms with Gasteiger partial charge in [0.25, 0.3) is 0 Å². The first-order valence-electron chi connectivity index (χ1n) is 8.92. The van der Waals surface area contributed by atoms with E-state index in [1.807, 2.05) is 0 Å². The maximum absolute atomic E-state index is 10.9. The number of carbonyl (C=O) groups is 1. The summed E-state index contributed by atoms with van der Waals surface area (Å²) in [5, 5.41) is 1.23. The molecule has 154 valence electrons. The molecule has 0 saturated carbocycles. The Hall–Kier alpha value is -1.23. The molecule has 0 aromatic heterocycles. The van der Waals surface area contributed by atoms with Crippen LogP contribution in [0.15, 0.2) is 11.9 Å². The van der Waals surface area contributed by atoms with Crippen LogP contribution in [0.3, 0.4) is 0 Å². The van der Waals surface area contributed by atoms with Gasteiger partial charge in [-0.2, -0.15) is 0 Å². The summed E-state index contributed by atoms with van der Waals surface area (Å²) in [5.74, 6) is 5.54. The lowest BCUT2D eigenvalue weighted by molar-refractivity contribution is -0.117. The van der Waals surface area contributed by atoms with Crippen LogP contribution in [0.2, 0.25) is 0 Å². The molecule has 0 rings (SSSR count). The molecule has 4 N–H and O–H groups in total. The molecule has 0 saturated heterocycles. The minimum atomic E-state index is -0.0411. The molecule has 9 nitrogen and oxygen atoms in total. The van der Waals surface area contributed by atoms with Gasteiger partial charge in [-0.3, -0.25) is 4.79 Å². The van der Waals surface area contributed by atoms with Crippen molar-refractivity contribution in [3.05, 3.63) is 11.9 Å². The molecule has 0 radical (unpaired) electrons. The number of ether oxygens (including phenoxy) is 5. The average Bonchev–Trinajstić information content (AvgIpc) is 2.57. The summed E-state index contributed by atoms with van der Waals surface area (Å²) in [5.41, 5.74) is 6.17. The molecular formula is C17H35N3O6. The highest BCUT2D eigenvalue weighted by Crippen LogP contribution is 1.90. The van der Waals surface area contributed by atoms with Crippen LogP contribution in [0.5, 0.6) is 0 Å². The van der Waals surface area contributed by atoms with Gasteiger partial charge in [0.15, 0.2) is 5.78 Å². The molecule has 0 unspecified atom stereocenters. The second kappa shape index (κ2) is 18.6. The van der Waals surface area contributed by atoms with E-state index in [0.29, 0.717) is 58.6 Å². The summed E-state index contributed by atoms with van der Waals surface area (Å²) >= 11 is 0. The Bertz CT molecular complexity index is 368. The van der Waals surface area contributed by atoms with Crippen molar-refractivity contribution in [3.8, 4) is 0 Å². The molecule has 0 spiro atoms. The molecule has 0 aliphatic heterocycles. The second-order valence-corrected chi connectivity index (χ2v) is 5.58. The Labute approximate surface area is 156 Å². The molecule has 0 amide bonds. The Kier molecular flexibility index (Phi) is 17.7. The van der Waals surface area contributed by atoms with E-state index in [0.717, 1.165) is 13.0 Å². The quantitative estimate of drug-likeness (QED) is 0.183. The topological polar surface area (TPSA) is 118 Å². The summed E-state index contributed by atoms with van der Waals surface area (Å²) in [6, 6.07) is 0. The maximum Gasteiger partial charge on any atom is 0.150 e. The van der Waals surface area contributed by atoms with Gasteiger partial charge in [-0.15, -0.1) is 0 Å². The van der Waals surface area contributed by atoms with Gasteiger partial charge in [-0.05, 0) is 13.3 Å². The lowest BCUT2D eigenvalue weighted by Crippen LogP contribution is -2.31. The largest absolute Gasteiger partial charge is 0.399 e. The van der Waals surface area contributed by atoms with Crippen molar-refractivity contribution in [1.29, 1.82) is 0 Å². The van der Waals surface area contributed by atoms with Gasteiger partial charge < -0.3 is 34.4 Å². The first-order valence-corrected chi connectivity index (χ1v) is 8.92. The van der Waals surface area contributed by atoms with Crippen molar-refractivity contribution in [2.75, 3.05) is 72.6 Å². The molecule has 0 aliphatic rings. The Morgan fingerprint density at radius 1 is 0.846 bits per heavy atom. The van der Waals surface area contributed by atoms with Gasteiger partial charge in [0.2, 0.25) is 0 Å². The number of ketones is 1. The van der Waals surface area contributed by atoms with E-state index in [1.165, 1.54) is 18.1 Å². The Morgan fingerprint density at radius 3 is 1.69 bits per heavy atom. The summed E-state index contributed by atoms with van der Waals surface area (Å²) < 4.78 is 26.7. The fourth-order valence-corrected chi connectivity index (χ4v) is 1.77. The van der Waals surface area contributed by atoms with Crippen LogP contribution in [0.4, 0.5) is 0 Å². The highest BCUT2D eigenvalue weighted by atomic mass is 16.6. The van der Waals surface area contributed by atoms with E-state index in [2.05, 4.69) is 6.92 Å². The molecule has 9 heteroatoms. The Morgan fingerprint density at radius 2 is 1.27 bits per heavy atom. The van der Waals surface area contributed by atoms with Crippen LogP contribution in [0.25, 0.3) is 0 Å². The zero-order valence-corrected chi connectivity index (χ0v) is 16.1. The first kappa shape index (κ1) is 24.8. The number of hydrogen-bond donors (Lipinski definition) is 2. The molecule has 0 aromatic carbocycles. The molecule has 0 bridgehead atoms. The average molecular weight is 377 g/mol. The van der Waals surface area contributed by atoms with E-state index in [9.17, 15) is 4.79 Å². The zero-order chi connectivity index (χ0) is 19.5. The fourth-order valence-electron chi connectivity index (χ4n) is 1.77. The van der Waals surface area contributed by atoms with Crippen LogP contribution in [0, 0.1) is 0 Å². The molecule has 0 heterocycles. The van der Waals surface area contributed by atoms with Crippen molar-refractivity contribution in [2.24, 2.45) is 11.6 Å². The molecular weight excluding hydrogens is 342 g/mol. The maximum atomic E-state index is 10.9. The number of hydrogen-bond acceptors (Lipinski definition) is 9. The lowest BCUT2D eigenvalue weighted by Gasteiger charge is -2.13. The number of rotatable bonds is 19. The predicted octanol–water partition coefficient (Wildman–Crippen LogP) is 0.0442. The van der Waals surface area contributed by atoms with E-state index in [1.54, 1.807) is 0 Å². The van der Waals surface area contributed by atoms with Gasteiger partial charge in [0.1, 0.15) is 0 Å². The summed E-state index contributed by atoms with van der Waals surface area (Å²) in [7, 11) is 0. The van der Waals surface area contributed by atoms with E-state index < -0.39 is 0 Å². The lowest BCUT2D eigenvalue weighted by atomic mass is 10.4. The first-order chi connectivity index (χ1) is 12.6. The van der Waals surface area contributed by atoms with Gasteiger partial charge in [0.05, 0.1) is 71.7 Å². The molecule has 0 atom stereocenters. The van der Waals surface area contributed by atoms with Crippen molar-refractivity contribution in [2.45, 2.75) is 20.3 Å². The van der Waals surface area contributed by atoms with Crippen molar-refractivity contribution < 1.29 is 28.5 Å². The molecule has 0 fully saturated rings. The van der Waals surface area contributed by atoms with Gasteiger partial charge in [0, 0.05) is 12.8 Å². The van der Waals surface area contributed by atoms with Gasteiger partial charge >= 0.3 is 0 Å². The van der Waals surface area contributed by atoms with Gasteiger partial charge in [-0.1, -0.05) is 6.92 Å². The summed E-state index contributed by atoms with van der Waals surface area (Å²) in [6.45, 7) is 8.78. The van der Waals surface area contributed by atoms with Crippen LogP contribution < -0.4 is 11.6 Å². The third-order valence-electron chi connectivity index (χ3n) is 2.84. The van der Waals surface area contributed by atoms with Crippen molar-refractivity contribution in [3.63, 3.8) is 0 Å². The van der Waals surface area contributed by atoms with Crippen molar-refractivity contribution in [1.82, 2.24) is 5.01 Å². The Balaban J connectivity index is 3.28. The standard InChI is InChI=1S/C17H35N3O6/c1-3-4-22-5-6-23-7-8-24-9-10-25-11-12-26-15-17(18)14-20(19)13-16(2)21/h14H,3-13,15,18-19H2,1-2H3/b17-14-. The minimum absolute atomic E-state index is 0.0411. The van der Waals surface area contributed by atoms with E-state index in [-0.39, 0.29) is 18.9 Å². The highest BCUT2D eigenvalue weighted by Gasteiger charge is 1.99. The number of carbonyl (C=O) groups excluding carboxylic acids is 1. The van der Waals surface area contributed by atoms with Crippen molar-refractivity contribution >= 4 is 5.78 Å². The number of hydrazine groups is 1. The summed E-state index contributed by atoms with van der Waals surface area (Å²) in [4.78, 5) is 10.9. The molecule has 26 heavy (non-hydrogen) atoms.